The summed E-state index contributed by atoms with van der Waals surface area (Å²) >= 11 is 5.29. The summed E-state index contributed by atoms with van der Waals surface area (Å²) in [4.78, 5) is 11.2. The molecule has 4 heteroatoms. The molecule has 0 bridgehead atoms. The number of hydrogen-bond donors (Lipinski definition) is 0. The quantitative estimate of drug-likeness (QED) is 0.662. The monoisotopic (exact) mass is 266 g/mol. The first-order valence-electron chi connectivity index (χ1n) is 4.73. The summed E-state index contributed by atoms with van der Waals surface area (Å²) in [6.45, 7) is 0. The lowest BCUT2D eigenvalue weighted by molar-refractivity contribution is 1.64. The Morgan fingerprint density at radius 3 is 2.38 bits per heavy atom. The van der Waals surface area contributed by atoms with Gasteiger partial charge in [0.2, 0.25) is 0 Å². The molecule has 82 valence electrons. The van der Waals surface area contributed by atoms with E-state index < -0.39 is 6.41 Å². The van der Waals surface area contributed by atoms with Crippen molar-refractivity contribution in [1.29, 1.82) is 0 Å². The number of rotatable bonds is 0. The van der Waals surface area contributed by atoms with Crippen molar-refractivity contribution in [3.8, 4) is 0 Å². The van der Waals surface area contributed by atoms with Crippen LogP contribution in [0.5, 0.6) is 0 Å². The Morgan fingerprint density at radius 1 is 0.938 bits per heavy atom. The van der Waals surface area contributed by atoms with Crippen LogP contribution in [0, 0.1) is 0 Å². The maximum absolute atomic E-state index is 11.2. The van der Waals surface area contributed by atoms with Gasteiger partial charge in [-0.2, -0.15) is 0 Å². The van der Waals surface area contributed by atoms with E-state index in [9.17, 15) is 4.79 Å². The maximum atomic E-state index is 11.2. The zero-order chi connectivity index (χ0) is 11.6. The van der Waals surface area contributed by atoms with Crippen molar-refractivity contribution in [2.75, 3.05) is 0 Å². The zero-order valence-electron chi connectivity index (χ0n) is 8.61. The summed E-state index contributed by atoms with van der Waals surface area (Å²) in [6.07, 6.45) is -0.469. The molecule has 1 rings (SSSR count). The molecule has 2 atom stereocenters. The van der Waals surface area contributed by atoms with Crippen molar-refractivity contribution in [3.05, 3.63) is 76.4 Å². The average molecular weight is 266 g/mol. The molecule has 2 unspecified atom stereocenters. The van der Waals surface area contributed by atoms with Gasteiger partial charge in [0.15, 0.2) is 5.43 Å². The first kappa shape index (κ1) is 13.3. The Labute approximate surface area is 103 Å². The smallest absolute Gasteiger partial charge is 0.178 e. The predicted molar refractivity (Wildman–Crippen MR) is 77.3 cm³/mol. The van der Waals surface area contributed by atoms with E-state index in [0.29, 0.717) is 7.87 Å². The van der Waals surface area contributed by atoms with E-state index in [1.165, 1.54) is 6.07 Å². The van der Waals surface area contributed by atoms with Crippen molar-refractivity contribution in [1.82, 2.24) is 0 Å². The van der Waals surface area contributed by atoms with Gasteiger partial charge in [0.05, 0.1) is 5.80 Å². The highest BCUT2D eigenvalue weighted by atomic mass is 32.8. The first-order valence-corrected chi connectivity index (χ1v) is 9.08. The lowest BCUT2D eigenvalue weighted by Gasteiger charge is -1.79. The molecule has 1 nitrogen and oxygen atoms in total. The van der Waals surface area contributed by atoms with Gasteiger partial charge < -0.3 is 12.2 Å². The summed E-state index contributed by atoms with van der Waals surface area (Å²) in [5.41, 5.74) is -0.00845. The van der Waals surface area contributed by atoms with Crippen LogP contribution in [0.25, 0.3) is 0 Å². The highest BCUT2D eigenvalue weighted by Gasteiger charge is 1.73. The van der Waals surface area contributed by atoms with Gasteiger partial charge in [-0.15, -0.1) is 0 Å². The van der Waals surface area contributed by atoms with Crippen molar-refractivity contribution < 1.29 is 0 Å². The van der Waals surface area contributed by atoms with Crippen LogP contribution in [0.15, 0.2) is 71.0 Å². The summed E-state index contributed by atoms with van der Waals surface area (Å²) in [5, 5.41) is 0. The molecule has 0 saturated heterocycles. The van der Waals surface area contributed by atoms with E-state index in [1.807, 2.05) is 36.1 Å². The summed E-state index contributed by atoms with van der Waals surface area (Å²) in [6, 6.07) is 16.0. The predicted octanol–water partition coefficient (Wildman–Crippen LogP) is 3.90. The molecule has 0 saturated carbocycles. The van der Waals surface area contributed by atoms with Gasteiger partial charge in [-0.1, -0.05) is 36.4 Å². The highest BCUT2D eigenvalue weighted by molar-refractivity contribution is 8.45. The third-order valence-corrected chi connectivity index (χ3v) is 5.61. The molecule has 0 aliphatic carbocycles. The van der Waals surface area contributed by atoms with Crippen LogP contribution in [0.4, 0.5) is 0 Å². The Kier molecular flexibility index (Phi) is 6.92. The zero-order valence-corrected chi connectivity index (χ0v) is 11.3. The van der Waals surface area contributed by atoms with Crippen LogP contribution < -0.4 is 5.43 Å². The second-order valence-corrected chi connectivity index (χ2v) is 8.77. The normalized spacial score (nSPS) is 10.2. The minimum absolute atomic E-state index is 0.00845. The van der Waals surface area contributed by atoms with Gasteiger partial charge in [-0.25, -0.2) is 0 Å². The molecule has 0 aliphatic rings. The van der Waals surface area contributed by atoms with Crippen molar-refractivity contribution in [3.63, 3.8) is 0 Å². The van der Waals surface area contributed by atoms with Crippen LogP contribution >= 0.6 is 14.3 Å². The number of hydrogen-bond acceptors (Lipinski definition) is 2. The fraction of sp³-hybridized carbons (Fsp3) is 0. The molecular weight excluding hydrogens is 254 g/mol. The second-order valence-electron chi connectivity index (χ2n) is 2.85. The van der Waals surface area contributed by atoms with Crippen molar-refractivity contribution in [2.24, 2.45) is 0 Å². The van der Waals surface area contributed by atoms with Gasteiger partial charge in [0, 0.05) is 7.87 Å². The topological polar surface area (TPSA) is 17.1 Å². The molecule has 0 amide bonds. The lowest BCUT2D eigenvalue weighted by atomic mass is 10.4. The van der Waals surface area contributed by atoms with Gasteiger partial charge in [-0.05, 0) is 30.4 Å². The van der Waals surface area contributed by atoms with Crippen LogP contribution in [-0.2, 0) is 12.2 Å². The summed E-state index contributed by atoms with van der Waals surface area (Å²) in [7, 11) is 0.627. The molecule has 1 heterocycles. The molecular formula is C12H12OP2S. The Balaban J connectivity index is 3.26. The standard InChI is InChI=1S/C12H12OP2S/c13-12-8-4-2-1-3-7-11-15(16)14-10-6-5-9-12/h1-11,14H. The minimum atomic E-state index is -0.469. The van der Waals surface area contributed by atoms with E-state index in [4.69, 9.17) is 12.2 Å². The largest absolute Gasteiger partial charge is 0.485 e. The molecule has 0 spiro atoms. The van der Waals surface area contributed by atoms with E-state index >= 15 is 0 Å². The van der Waals surface area contributed by atoms with Gasteiger partial charge >= 0.3 is 0 Å². The molecule has 0 radical (unpaired) electrons. The maximum Gasteiger partial charge on any atom is 0.178 e. The Bertz CT molecular complexity index is 497. The minimum Gasteiger partial charge on any atom is -0.485 e. The third-order valence-electron chi connectivity index (χ3n) is 1.60. The molecule has 1 aromatic rings. The molecule has 0 fully saturated rings. The fourth-order valence-corrected chi connectivity index (χ4v) is 3.55. The van der Waals surface area contributed by atoms with Crippen molar-refractivity contribution >= 4 is 26.5 Å². The van der Waals surface area contributed by atoms with Crippen LogP contribution in [-0.4, -0.2) is 0 Å². The molecule has 16 heavy (non-hydrogen) atoms. The van der Waals surface area contributed by atoms with E-state index in [2.05, 4.69) is 5.80 Å². The van der Waals surface area contributed by atoms with Crippen LogP contribution in [0.3, 0.4) is 0 Å². The fourth-order valence-electron chi connectivity index (χ4n) is 0.892. The van der Waals surface area contributed by atoms with Crippen LogP contribution in [0.1, 0.15) is 0 Å². The highest BCUT2D eigenvalue weighted by Crippen LogP contribution is 2.30. The lowest BCUT2D eigenvalue weighted by Crippen LogP contribution is -1.88. The Hall–Kier alpha value is -0.810. The molecule has 0 N–H and O–H groups in total. The van der Waals surface area contributed by atoms with E-state index in [0.717, 1.165) is 0 Å². The second kappa shape index (κ2) is 8.35. The van der Waals surface area contributed by atoms with Gasteiger partial charge in [-0.3, -0.25) is 4.79 Å². The first-order chi connectivity index (χ1) is 7.79. The van der Waals surface area contributed by atoms with E-state index in [-0.39, 0.29) is 5.43 Å². The average Bonchev–Trinajstić information content (AvgIpc) is 2.26. The molecule has 1 aromatic heterocycles. The molecule has 0 aliphatic heterocycles. The summed E-state index contributed by atoms with van der Waals surface area (Å²) < 4.78 is 0. The van der Waals surface area contributed by atoms with E-state index in [1.54, 1.807) is 18.2 Å². The van der Waals surface area contributed by atoms with Gasteiger partial charge in [0.25, 0.3) is 0 Å². The third kappa shape index (κ3) is 6.63. The summed E-state index contributed by atoms with van der Waals surface area (Å²) in [5.74, 6) is 4.08. The SMILES string of the molecule is O=c1ccccccc[p+]([S-])[pH]cccc1. The van der Waals surface area contributed by atoms with Crippen LogP contribution in [0.2, 0.25) is 0 Å². The van der Waals surface area contributed by atoms with Gasteiger partial charge in [0.1, 0.15) is 0 Å². The van der Waals surface area contributed by atoms with Crippen molar-refractivity contribution in [2.45, 2.75) is 0 Å². The Morgan fingerprint density at radius 2 is 1.56 bits per heavy atom. The molecule has 0 aromatic carbocycles.